The Bertz CT molecular complexity index is 381. The zero-order chi connectivity index (χ0) is 12.5. The van der Waals surface area contributed by atoms with Crippen molar-refractivity contribution in [1.82, 2.24) is 0 Å². The van der Waals surface area contributed by atoms with Gasteiger partial charge in [-0.1, -0.05) is 33.7 Å². The van der Waals surface area contributed by atoms with E-state index in [0.29, 0.717) is 0 Å². The number of hydrogen-bond donors (Lipinski definition) is 1. The van der Waals surface area contributed by atoms with E-state index in [-0.39, 0.29) is 16.1 Å². The van der Waals surface area contributed by atoms with Gasteiger partial charge in [0.2, 0.25) is 0 Å². The van der Waals surface area contributed by atoms with E-state index in [4.69, 9.17) is 15.5 Å². The van der Waals surface area contributed by atoms with Crippen LogP contribution in [0.1, 0.15) is 24.7 Å². The van der Waals surface area contributed by atoms with Gasteiger partial charge in [0, 0.05) is 0 Å². The fraction of sp³-hybridized carbons (Fsp3) is 0.500. The largest absolute Gasteiger partial charge is 0.497 e. The normalized spacial score (nSPS) is 27.1. The first-order valence-corrected chi connectivity index (χ1v) is 7.64. The summed E-state index contributed by atoms with van der Waals surface area (Å²) in [6.07, 6.45) is 0.0193. The quantitative estimate of drug-likeness (QED) is 0.676. The molecule has 1 aromatic rings. The smallest absolute Gasteiger partial charge is 0.118 e. The van der Waals surface area contributed by atoms with Crippen molar-refractivity contribution in [3.05, 3.63) is 29.8 Å². The van der Waals surface area contributed by atoms with Gasteiger partial charge >= 0.3 is 0 Å². The second-order valence-corrected chi connectivity index (χ2v) is 7.53. The second kappa shape index (κ2) is 5.10. The van der Waals surface area contributed by atoms with Crippen LogP contribution in [-0.4, -0.2) is 18.0 Å². The summed E-state index contributed by atoms with van der Waals surface area (Å²) in [5.41, 5.74) is 1.23. The molecule has 0 bridgehead atoms. The van der Waals surface area contributed by atoms with Crippen LogP contribution in [0.3, 0.4) is 0 Å². The molecule has 3 nitrogen and oxygen atoms in total. The molecular weight excluding hydrogens is 254 g/mol. The molecule has 1 heterocycles. The van der Waals surface area contributed by atoms with Crippen molar-refractivity contribution in [2.45, 2.75) is 29.9 Å². The number of benzene rings is 1. The highest BCUT2D eigenvalue weighted by Gasteiger charge is 2.45. The number of ether oxygens (including phenoxy) is 1. The van der Waals surface area contributed by atoms with Crippen molar-refractivity contribution in [3.8, 4) is 5.75 Å². The third-order valence-corrected chi connectivity index (χ3v) is 6.60. The summed E-state index contributed by atoms with van der Waals surface area (Å²) < 4.78 is 5.19. The van der Waals surface area contributed by atoms with E-state index in [9.17, 15) is 0 Å². The molecule has 2 rings (SSSR count). The van der Waals surface area contributed by atoms with Gasteiger partial charge in [0.05, 0.1) is 17.1 Å². The molecule has 2 unspecified atom stereocenters. The monoisotopic (exact) mass is 271 g/mol. The Morgan fingerprint density at radius 3 is 2.41 bits per heavy atom. The predicted molar refractivity (Wildman–Crippen MR) is 74.1 cm³/mol. The topological polar surface area (TPSA) is 44.5 Å². The molecule has 1 aromatic carbocycles. The summed E-state index contributed by atoms with van der Waals surface area (Å²) in [6.45, 7) is 4.32. The zero-order valence-corrected chi connectivity index (χ0v) is 11.8. The van der Waals surface area contributed by atoms with E-state index in [1.807, 2.05) is 33.7 Å². The van der Waals surface area contributed by atoms with Gasteiger partial charge in [-0.25, -0.2) is 5.90 Å². The van der Waals surface area contributed by atoms with Gasteiger partial charge in [-0.05, 0) is 31.5 Å². The van der Waals surface area contributed by atoms with Crippen molar-refractivity contribution in [3.63, 3.8) is 0 Å². The number of methoxy groups -OCH3 is 1. The second-order valence-electron chi connectivity index (χ2n) is 4.53. The predicted octanol–water partition coefficient (Wildman–Crippen LogP) is 3.17. The summed E-state index contributed by atoms with van der Waals surface area (Å²) >= 11 is 0. The fourth-order valence-electron chi connectivity index (χ4n) is 1.90. The lowest BCUT2D eigenvalue weighted by Crippen LogP contribution is -2.36. The molecule has 1 aliphatic rings. The molecule has 2 atom stereocenters. The molecular formula is C12H17NO2S2. The minimum Gasteiger partial charge on any atom is -0.497 e. The molecule has 0 saturated carbocycles. The van der Waals surface area contributed by atoms with Crippen molar-refractivity contribution >= 4 is 21.6 Å². The van der Waals surface area contributed by atoms with E-state index >= 15 is 0 Å². The fourth-order valence-corrected chi connectivity index (χ4v) is 5.37. The van der Waals surface area contributed by atoms with Gasteiger partial charge < -0.3 is 4.74 Å². The molecule has 94 valence electrons. The van der Waals surface area contributed by atoms with Crippen LogP contribution < -0.4 is 10.6 Å². The van der Waals surface area contributed by atoms with E-state index in [2.05, 4.69) is 26.0 Å². The molecule has 2 N–H and O–H groups in total. The number of nitrogens with two attached hydrogens (primary N) is 1. The van der Waals surface area contributed by atoms with Crippen LogP contribution in [0.15, 0.2) is 24.3 Å². The first kappa shape index (κ1) is 13.1. The molecule has 17 heavy (non-hydrogen) atoms. The van der Waals surface area contributed by atoms with Gasteiger partial charge in [0.1, 0.15) is 11.9 Å². The van der Waals surface area contributed by atoms with E-state index in [0.717, 1.165) is 5.75 Å². The Morgan fingerprint density at radius 1 is 1.24 bits per heavy atom. The van der Waals surface area contributed by atoms with Crippen LogP contribution in [0, 0.1) is 0 Å². The van der Waals surface area contributed by atoms with Gasteiger partial charge in [-0.2, -0.15) is 0 Å². The molecule has 0 radical (unpaired) electrons. The van der Waals surface area contributed by atoms with E-state index in [1.165, 1.54) is 5.56 Å². The Kier molecular flexibility index (Phi) is 3.92. The molecule has 1 saturated heterocycles. The Morgan fingerprint density at radius 2 is 1.88 bits per heavy atom. The van der Waals surface area contributed by atoms with Crippen LogP contribution in [0.4, 0.5) is 0 Å². The van der Waals surface area contributed by atoms with Crippen LogP contribution in [-0.2, 0) is 4.84 Å². The minimum atomic E-state index is 0.0193. The summed E-state index contributed by atoms with van der Waals surface area (Å²) in [5.74, 6) is 6.31. The highest BCUT2D eigenvalue weighted by molar-refractivity contribution is 8.77. The molecule has 5 heteroatoms. The van der Waals surface area contributed by atoms with E-state index < -0.39 is 0 Å². The maximum Gasteiger partial charge on any atom is 0.118 e. The van der Waals surface area contributed by atoms with Crippen molar-refractivity contribution in [2.75, 3.05) is 7.11 Å². The molecule has 0 aromatic heterocycles. The minimum absolute atomic E-state index is 0.0193. The average Bonchev–Trinajstić information content (AvgIpc) is 2.64. The Labute approximate surface area is 110 Å². The number of rotatable bonds is 3. The first-order chi connectivity index (χ1) is 8.08. The van der Waals surface area contributed by atoms with Gasteiger partial charge in [-0.3, -0.25) is 4.84 Å². The highest BCUT2D eigenvalue weighted by Crippen LogP contribution is 2.58. The average molecular weight is 271 g/mol. The highest BCUT2D eigenvalue weighted by atomic mass is 33.1. The van der Waals surface area contributed by atoms with Crippen LogP contribution >= 0.6 is 21.6 Å². The summed E-state index contributed by atoms with van der Waals surface area (Å²) in [6, 6.07) is 8.09. The molecule has 0 aliphatic carbocycles. The van der Waals surface area contributed by atoms with Crippen molar-refractivity contribution < 1.29 is 9.57 Å². The lowest BCUT2D eigenvalue weighted by atomic mass is 9.97. The summed E-state index contributed by atoms with van der Waals surface area (Å²) in [5, 5.41) is 0.269. The molecule has 1 fully saturated rings. The standard InChI is InChI=1S/C12H17NO2S2/c1-12(2)11(15-13)10(16-17-12)8-4-6-9(14-3)7-5-8/h4-7,10-11H,13H2,1-3H3. The third kappa shape index (κ3) is 2.57. The Hall–Kier alpha value is -0.360. The summed E-state index contributed by atoms with van der Waals surface area (Å²) in [4.78, 5) is 5.18. The van der Waals surface area contributed by atoms with E-state index in [1.54, 1.807) is 7.11 Å². The maximum atomic E-state index is 5.44. The van der Waals surface area contributed by atoms with Crippen LogP contribution in [0.2, 0.25) is 0 Å². The van der Waals surface area contributed by atoms with Gasteiger partial charge in [-0.15, -0.1) is 0 Å². The lowest BCUT2D eigenvalue weighted by Gasteiger charge is -2.26. The number of hydrogen-bond acceptors (Lipinski definition) is 5. The molecule has 0 amide bonds. The molecule has 0 spiro atoms. The summed E-state index contributed by atoms with van der Waals surface area (Å²) in [7, 11) is 5.32. The third-order valence-electron chi connectivity index (χ3n) is 2.92. The van der Waals surface area contributed by atoms with Gasteiger partial charge in [0.25, 0.3) is 0 Å². The first-order valence-electron chi connectivity index (χ1n) is 5.42. The SMILES string of the molecule is COc1ccc(C2SSC(C)(C)C2ON)cc1. The zero-order valence-electron chi connectivity index (χ0n) is 10.2. The van der Waals surface area contributed by atoms with Crippen molar-refractivity contribution in [2.24, 2.45) is 5.90 Å². The van der Waals surface area contributed by atoms with Gasteiger partial charge in [0.15, 0.2) is 0 Å². The lowest BCUT2D eigenvalue weighted by molar-refractivity contribution is 0.0339. The van der Waals surface area contributed by atoms with Crippen LogP contribution in [0.5, 0.6) is 5.75 Å². The van der Waals surface area contributed by atoms with Crippen LogP contribution in [0.25, 0.3) is 0 Å². The molecule has 1 aliphatic heterocycles. The maximum absolute atomic E-state index is 5.44. The van der Waals surface area contributed by atoms with Crippen molar-refractivity contribution in [1.29, 1.82) is 0 Å². The Balaban J connectivity index is 2.22.